The summed E-state index contributed by atoms with van der Waals surface area (Å²) < 4.78 is 34.9. The summed E-state index contributed by atoms with van der Waals surface area (Å²) in [4.78, 5) is 6.85. The van der Waals surface area contributed by atoms with E-state index in [2.05, 4.69) is 25.3 Å². The van der Waals surface area contributed by atoms with E-state index in [4.69, 9.17) is 4.74 Å². The predicted octanol–water partition coefficient (Wildman–Crippen LogP) is 2.07. The minimum atomic E-state index is -2.84. The van der Waals surface area contributed by atoms with Crippen LogP contribution in [0, 0.1) is 0 Å². The van der Waals surface area contributed by atoms with E-state index in [1.165, 1.54) is 6.07 Å². The Kier molecular flexibility index (Phi) is 9.13. The van der Waals surface area contributed by atoms with Gasteiger partial charge in [0, 0.05) is 31.7 Å². The normalized spacial score (nSPS) is 15.9. The maximum absolute atomic E-state index is 12.5. The van der Waals surface area contributed by atoms with Crippen molar-refractivity contribution >= 4 is 5.96 Å². The second-order valence-corrected chi connectivity index (χ2v) is 5.92. The molecule has 1 aliphatic rings. The Morgan fingerprint density at radius 1 is 1.27 bits per heavy atom. The summed E-state index contributed by atoms with van der Waals surface area (Å²) in [5.41, 5.74) is 0.623. The molecule has 0 unspecified atom stereocenters. The Morgan fingerprint density at radius 2 is 2.04 bits per heavy atom. The molecule has 1 aromatic carbocycles. The number of halogens is 2. The summed E-state index contributed by atoms with van der Waals surface area (Å²) in [6, 6.07) is 6.72. The van der Waals surface area contributed by atoms with Crippen molar-refractivity contribution in [3.8, 4) is 5.75 Å². The van der Waals surface area contributed by atoms with Crippen LogP contribution in [-0.4, -0.2) is 63.4 Å². The molecule has 0 aliphatic carbocycles. The van der Waals surface area contributed by atoms with Gasteiger partial charge in [0.2, 0.25) is 0 Å². The summed E-state index contributed by atoms with van der Waals surface area (Å²) in [5.74, 6) is 0.829. The Bertz CT molecular complexity index is 552. The first-order chi connectivity index (χ1) is 12.7. The number of ether oxygens (including phenoxy) is 2. The molecule has 2 N–H and O–H groups in total. The molecule has 2 rings (SSSR count). The van der Waals surface area contributed by atoms with Crippen molar-refractivity contribution < 1.29 is 18.3 Å². The van der Waals surface area contributed by atoms with Crippen molar-refractivity contribution in [1.82, 2.24) is 15.5 Å². The van der Waals surface area contributed by atoms with Crippen molar-refractivity contribution in [3.63, 3.8) is 0 Å². The van der Waals surface area contributed by atoms with Crippen molar-refractivity contribution in [2.75, 3.05) is 45.9 Å². The molecule has 1 fully saturated rings. The number of aliphatic imine (C=N–C) groups is 1. The molecule has 0 saturated carbocycles. The SMILES string of the molecule is CCNC(=NCc1ccccc1OC(F)F)NCCCN1CCOCC1. The zero-order valence-electron chi connectivity index (χ0n) is 15.2. The molecule has 8 heteroatoms. The first-order valence-corrected chi connectivity index (χ1v) is 9.04. The van der Waals surface area contributed by atoms with Gasteiger partial charge in [0.1, 0.15) is 5.75 Å². The summed E-state index contributed by atoms with van der Waals surface area (Å²) in [7, 11) is 0. The highest BCUT2D eigenvalue weighted by Gasteiger charge is 2.10. The van der Waals surface area contributed by atoms with E-state index in [0.717, 1.165) is 52.4 Å². The molecule has 6 nitrogen and oxygen atoms in total. The fourth-order valence-electron chi connectivity index (χ4n) is 2.69. The van der Waals surface area contributed by atoms with Crippen LogP contribution in [-0.2, 0) is 11.3 Å². The third kappa shape index (κ3) is 7.53. The number of rotatable bonds is 9. The standard InChI is InChI=1S/C18H28F2N4O2/c1-2-21-18(22-8-5-9-24-10-12-25-13-11-24)23-14-15-6-3-4-7-16(15)26-17(19)20/h3-4,6-7,17H,2,5,8-14H2,1H3,(H2,21,22,23). The quantitative estimate of drug-likeness (QED) is 0.396. The molecule has 1 heterocycles. The lowest BCUT2D eigenvalue weighted by atomic mass is 10.2. The molecule has 1 saturated heterocycles. The molecule has 26 heavy (non-hydrogen) atoms. The highest BCUT2D eigenvalue weighted by atomic mass is 19.3. The topological polar surface area (TPSA) is 58.1 Å². The third-order valence-corrected chi connectivity index (χ3v) is 3.99. The van der Waals surface area contributed by atoms with Gasteiger partial charge in [-0.25, -0.2) is 4.99 Å². The third-order valence-electron chi connectivity index (χ3n) is 3.99. The van der Waals surface area contributed by atoms with Gasteiger partial charge in [-0.3, -0.25) is 4.90 Å². The van der Waals surface area contributed by atoms with Gasteiger partial charge < -0.3 is 20.1 Å². The van der Waals surface area contributed by atoms with Crippen LogP contribution in [0.5, 0.6) is 5.75 Å². The number of hydrogen-bond acceptors (Lipinski definition) is 4. The Labute approximate surface area is 153 Å². The Morgan fingerprint density at radius 3 is 2.77 bits per heavy atom. The van der Waals surface area contributed by atoms with Crippen LogP contribution in [0.4, 0.5) is 8.78 Å². The summed E-state index contributed by atoms with van der Waals surface area (Å²) in [5, 5.41) is 6.45. The fraction of sp³-hybridized carbons (Fsp3) is 0.611. The van der Waals surface area contributed by atoms with E-state index in [9.17, 15) is 8.78 Å². The van der Waals surface area contributed by atoms with Crippen LogP contribution in [0.15, 0.2) is 29.3 Å². The maximum Gasteiger partial charge on any atom is 0.387 e. The van der Waals surface area contributed by atoms with Crippen LogP contribution in [0.3, 0.4) is 0 Å². The van der Waals surface area contributed by atoms with E-state index in [-0.39, 0.29) is 12.3 Å². The molecule has 0 aromatic heterocycles. The van der Waals surface area contributed by atoms with Gasteiger partial charge in [-0.05, 0) is 26.0 Å². The molecule has 146 valence electrons. The number of benzene rings is 1. The fourth-order valence-corrected chi connectivity index (χ4v) is 2.69. The summed E-state index contributed by atoms with van der Waals surface area (Å²) >= 11 is 0. The van der Waals surface area contributed by atoms with E-state index >= 15 is 0 Å². The number of para-hydroxylation sites is 1. The zero-order valence-corrected chi connectivity index (χ0v) is 15.2. The predicted molar refractivity (Wildman–Crippen MR) is 97.8 cm³/mol. The highest BCUT2D eigenvalue weighted by Crippen LogP contribution is 2.20. The lowest BCUT2D eigenvalue weighted by Gasteiger charge is -2.26. The lowest BCUT2D eigenvalue weighted by Crippen LogP contribution is -2.40. The van der Waals surface area contributed by atoms with E-state index in [1.54, 1.807) is 18.2 Å². The zero-order chi connectivity index (χ0) is 18.6. The average molecular weight is 370 g/mol. The molecule has 0 atom stereocenters. The van der Waals surface area contributed by atoms with Crippen molar-refractivity contribution in [2.24, 2.45) is 4.99 Å². The number of nitrogens with one attached hydrogen (secondary N) is 2. The van der Waals surface area contributed by atoms with E-state index in [1.807, 2.05) is 6.92 Å². The molecule has 1 aromatic rings. The van der Waals surface area contributed by atoms with Crippen LogP contribution in [0.25, 0.3) is 0 Å². The van der Waals surface area contributed by atoms with Gasteiger partial charge in [-0.2, -0.15) is 8.78 Å². The number of hydrogen-bond donors (Lipinski definition) is 2. The van der Waals surface area contributed by atoms with Gasteiger partial charge in [0.05, 0.1) is 19.8 Å². The number of nitrogens with zero attached hydrogens (tertiary/aromatic N) is 2. The second kappa shape index (κ2) is 11.6. The number of morpholine rings is 1. The smallest absolute Gasteiger partial charge is 0.387 e. The largest absolute Gasteiger partial charge is 0.434 e. The van der Waals surface area contributed by atoms with Crippen molar-refractivity contribution in [3.05, 3.63) is 29.8 Å². The molecule has 0 bridgehead atoms. The molecule has 0 radical (unpaired) electrons. The van der Waals surface area contributed by atoms with Crippen LogP contribution in [0.2, 0.25) is 0 Å². The molecule has 1 aliphatic heterocycles. The molecular formula is C18H28F2N4O2. The Balaban J connectivity index is 1.82. The average Bonchev–Trinajstić information content (AvgIpc) is 2.64. The Hall–Kier alpha value is -1.93. The van der Waals surface area contributed by atoms with Gasteiger partial charge >= 0.3 is 6.61 Å². The van der Waals surface area contributed by atoms with Gasteiger partial charge in [-0.1, -0.05) is 18.2 Å². The maximum atomic E-state index is 12.5. The molecular weight excluding hydrogens is 342 g/mol. The number of guanidine groups is 1. The molecule has 0 amide bonds. The second-order valence-electron chi connectivity index (χ2n) is 5.92. The van der Waals surface area contributed by atoms with Gasteiger partial charge in [0.15, 0.2) is 5.96 Å². The van der Waals surface area contributed by atoms with Crippen LogP contribution < -0.4 is 15.4 Å². The van der Waals surface area contributed by atoms with Gasteiger partial charge in [-0.15, -0.1) is 0 Å². The first-order valence-electron chi connectivity index (χ1n) is 9.04. The van der Waals surface area contributed by atoms with Crippen molar-refractivity contribution in [2.45, 2.75) is 26.5 Å². The molecule has 0 spiro atoms. The first kappa shape index (κ1) is 20.4. The highest BCUT2D eigenvalue weighted by molar-refractivity contribution is 5.79. The van der Waals surface area contributed by atoms with Gasteiger partial charge in [0.25, 0.3) is 0 Å². The number of alkyl halides is 2. The van der Waals surface area contributed by atoms with E-state index in [0.29, 0.717) is 11.5 Å². The van der Waals surface area contributed by atoms with Crippen LogP contribution in [0.1, 0.15) is 18.9 Å². The summed E-state index contributed by atoms with van der Waals surface area (Å²) in [6.07, 6.45) is 0.996. The summed E-state index contributed by atoms with van der Waals surface area (Å²) in [6.45, 7) is 5.51. The minimum absolute atomic E-state index is 0.161. The lowest BCUT2D eigenvalue weighted by molar-refractivity contribution is -0.0504. The van der Waals surface area contributed by atoms with E-state index < -0.39 is 6.61 Å². The minimum Gasteiger partial charge on any atom is -0.434 e. The van der Waals surface area contributed by atoms with Crippen LogP contribution >= 0.6 is 0 Å². The monoisotopic (exact) mass is 370 g/mol. The van der Waals surface area contributed by atoms with Crippen molar-refractivity contribution in [1.29, 1.82) is 0 Å².